The Hall–Kier alpha value is -1.09. The average molecular weight is 293 g/mol. The minimum atomic E-state index is -0.312. The second-order valence-electron chi connectivity index (χ2n) is 8.37. The van der Waals surface area contributed by atoms with Crippen LogP contribution in [0.15, 0.2) is 18.2 Å². The van der Waals surface area contributed by atoms with Crippen LogP contribution in [0.25, 0.3) is 0 Å². The number of halogens is 1. The molecule has 0 aliphatic heterocycles. The van der Waals surface area contributed by atoms with E-state index in [1.807, 2.05) is 6.07 Å². The number of hydrogen-bond donors (Lipinski definition) is 1. The Bertz CT molecular complexity index is 506. The maximum atomic E-state index is 13.9. The van der Waals surface area contributed by atoms with Crippen molar-refractivity contribution in [2.75, 3.05) is 7.11 Å². The first-order valence-corrected chi connectivity index (χ1v) is 7.66. The predicted octanol–water partition coefficient (Wildman–Crippen LogP) is 4.31. The molecule has 2 N–H and O–H groups in total. The summed E-state index contributed by atoms with van der Waals surface area (Å²) in [5.74, 6) is -0.0259. The maximum absolute atomic E-state index is 13.9. The zero-order chi connectivity index (χ0) is 15.9. The molecule has 118 valence electrons. The van der Waals surface area contributed by atoms with Gasteiger partial charge >= 0.3 is 0 Å². The van der Waals surface area contributed by atoms with Gasteiger partial charge in [0.1, 0.15) is 0 Å². The highest BCUT2D eigenvalue weighted by Crippen LogP contribution is 2.50. The fourth-order valence-corrected chi connectivity index (χ4v) is 4.74. The molecule has 0 spiro atoms. The standard InChI is InChI=1S/C18H28FNO/c1-16(2)10-17(3,4)12-18(20,11-16)9-13-6-7-15(21-5)14(19)8-13/h6-8H,9-12,20H2,1-5H3. The second-order valence-corrected chi connectivity index (χ2v) is 8.37. The molecule has 0 radical (unpaired) electrons. The van der Waals surface area contributed by atoms with Crippen LogP contribution in [0.4, 0.5) is 4.39 Å². The van der Waals surface area contributed by atoms with Crippen molar-refractivity contribution in [2.45, 2.75) is 58.9 Å². The fourth-order valence-electron chi connectivity index (χ4n) is 4.74. The summed E-state index contributed by atoms with van der Waals surface area (Å²) in [7, 11) is 1.48. The van der Waals surface area contributed by atoms with Gasteiger partial charge in [0, 0.05) is 5.54 Å². The molecule has 1 aromatic rings. The number of rotatable bonds is 3. The molecule has 0 amide bonds. The van der Waals surface area contributed by atoms with E-state index < -0.39 is 0 Å². The van der Waals surface area contributed by atoms with E-state index in [9.17, 15) is 4.39 Å². The van der Waals surface area contributed by atoms with E-state index in [1.54, 1.807) is 12.1 Å². The van der Waals surface area contributed by atoms with Crippen LogP contribution in [0.3, 0.4) is 0 Å². The normalized spacial score (nSPS) is 22.8. The van der Waals surface area contributed by atoms with Crippen LogP contribution < -0.4 is 10.5 Å². The van der Waals surface area contributed by atoms with Gasteiger partial charge in [0.05, 0.1) is 7.11 Å². The van der Waals surface area contributed by atoms with Crippen molar-refractivity contribution < 1.29 is 9.13 Å². The van der Waals surface area contributed by atoms with Crippen molar-refractivity contribution in [1.82, 2.24) is 0 Å². The molecule has 0 heterocycles. The van der Waals surface area contributed by atoms with Crippen LogP contribution in [-0.2, 0) is 6.42 Å². The van der Waals surface area contributed by atoms with E-state index in [1.165, 1.54) is 13.5 Å². The molecule has 0 aromatic heterocycles. The molecule has 0 atom stereocenters. The zero-order valence-electron chi connectivity index (χ0n) is 13.9. The summed E-state index contributed by atoms with van der Waals surface area (Å²) >= 11 is 0. The summed E-state index contributed by atoms with van der Waals surface area (Å²) in [4.78, 5) is 0. The topological polar surface area (TPSA) is 35.2 Å². The first kappa shape index (κ1) is 16.3. The maximum Gasteiger partial charge on any atom is 0.165 e. The van der Waals surface area contributed by atoms with Gasteiger partial charge in [-0.25, -0.2) is 4.39 Å². The van der Waals surface area contributed by atoms with E-state index >= 15 is 0 Å². The quantitative estimate of drug-likeness (QED) is 0.901. The lowest BCUT2D eigenvalue weighted by Crippen LogP contribution is -2.53. The zero-order valence-corrected chi connectivity index (χ0v) is 13.9. The van der Waals surface area contributed by atoms with Crippen LogP contribution in [-0.4, -0.2) is 12.6 Å². The van der Waals surface area contributed by atoms with Gasteiger partial charge in [-0.05, 0) is 54.2 Å². The number of hydrogen-bond acceptors (Lipinski definition) is 2. The predicted molar refractivity (Wildman–Crippen MR) is 85.0 cm³/mol. The van der Waals surface area contributed by atoms with Gasteiger partial charge in [-0.3, -0.25) is 0 Å². The minimum absolute atomic E-state index is 0.224. The summed E-state index contributed by atoms with van der Waals surface area (Å²) in [6, 6.07) is 5.17. The summed E-state index contributed by atoms with van der Waals surface area (Å²) in [5.41, 5.74) is 7.83. The summed E-state index contributed by atoms with van der Waals surface area (Å²) in [6.45, 7) is 9.13. The Morgan fingerprint density at radius 1 is 1.10 bits per heavy atom. The second kappa shape index (κ2) is 5.28. The van der Waals surface area contributed by atoms with E-state index in [4.69, 9.17) is 10.5 Å². The molecular weight excluding hydrogens is 265 g/mol. The minimum Gasteiger partial charge on any atom is -0.494 e. The first-order valence-electron chi connectivity index (χ1n) is 7.66. The average Bonchev–Trinajstić information content (AvgIpc) is 2.23. The molecule has 0 saturated heterocycles. The summed E-state index contributed by atoms with van der Waals surface area (Å²) in [5, 5.41) is 0. The Labute approximate surface area is 127 Å². The lowest BCUT2D eigenvalue weighted by molar-refractivity contribution is 0.0487. The van der Waals surface area contributed by atoms with E-state index in [2.05, 4.69) is 27.7 Å². The van der Waals surface area contributed by atoms with Gasteiger partial charge in [0.2, 0.25) is 0 Å². The van der Waals surface area contributed by atoms with Crippen molar-refractivity contribution in [3.63, 3.8) is 0 Å². The number of ether oxygens (including phenoxy) is 1. The molecule has 2 rings (SSSR count). The number of nitrogens with two attached hydrogens (primary N) is 1. The van der Waals surface area contributed by atoms with E-state index in [0.717, 1.165) is 18.4 Å². The third-order valence-corrected chi connectivity index (χ3v) is 4.39. The summed E-state index contributed by atoms with van der Waals surface area (Å²) < 4.78 is 18.8. The van der Waals surface area contributed by atoms with Crippen LogP contribution in [0.5, 0.6) is 5.75 Å². The molecule has 1 aromatic carbocycles. The van der Waals surface area contributed by atoms with Crippen LogP contribution >= 0.6 is 0 Å². The lowest BCUT2D eigenvalue weighted by Gasteiger charge is -2.50. The molecule has 3 heteroatoms. The van der Waals surface area contributed by atoms with Crippen molar-refractivity contribution in [3.8, 4) is 5.75 Å². The summed E-state index contributed by atoms with van der Waals surface area (Å²) in [6.07, 6.45) is 3.82. The molecule has 1 saturated carbocycles. The molecular formula is C18H28FNO. The molecule has 0 bridgehead atoms. The highest BCUT2D eigenvalue weighted by Gasteiger charge is 2.45. The number of benzene rings is 1. The van der Waals surface area contributed by atoms with Gasteiger partial charge < -0.3 is 10.5 Å². The third-order valence-electron chi connectivity index (χ3n) is 4.39. The Morgan fingerprint density at radius 2 is 1.67 bits per heavy atom. The van der Waals surface area contributed by atoms with Crippen LogP contribution in [0.2, 0.25) is 0 Å². The molecule has 1 fully saturated rings. The third kappa shape index (κ3) is 3.97. The Morgan fingerprint density at radius 3 is 2.14 bits per heavy atom. The molecule has 1 aliphatic rings. The van der Waals surface area contributed by atoms with E-state index in [0.29, 0.717) is 6.42 Å². The Balaban J connectivity index is 2.22. The lowest BCUT2D eigenvalue weighted by atomic mass is 9.57. The van der Waals surface area contributed by atoms with Gasteiger partial charge in [0.15, 0.2) is 11.6 Å². The smallest absolute Gasteiger partial charge is 0.165 e. The van der Waals surface area contributed by atoms with Crippen molar-refractivity contribution >= 4 is 0 Å². The molecule has 21 heavy (non-hydrogen) atoms. The molecule has 1 aliphatic carbocycles. The fraction of sp³-hybridized carbons (Fsp3) is 0.667. The Kier molecular flexibility index (Phi) is 4.09. The van der Waals surface area contributed by atoms with Crippen LogP contribution in [0, 0.1) is 16.6 Å². The van der Waals surface area contributed by atoms with Crippen molar-refractivity contribution in [3.05, 3.63) is 29.6 Å². The van der Waals surface area contributed by atoms with Crippen molar-refractivity contribution in [2.24, 2.45) is 16.6 Å². The molecule has 0 unspecified atom stereocenters. The molecule has 2 nitrogen and oxygen atoms in total. The highest BCUT2D eigenvalue weighted by atomic mass is 19.1. The van der Waals surface area contributed by atoms with Gasteiger partial charge in [-0.15, -0.1) is 0 Å². The highest BCUT2D eigenvalue weighted by molar-refractivity contribution is 5.30. The van der Waals surface area contributed by atoms with Gasteiger partial charge in [-0.2, -0.15) is 0 Å². The first-order chi connectivity index (χ1) is 9.54. The van der Waals surface area contributed by atoms with Gasteiger partial charge in [-0.1, -0.05) is 33.8 Å². The van der Waals surface area contributed by atoms with Crippen LogP contribution in [0.1, 0.15) is 52.5 Å². The number of methoxy groups -OCH3 is 1. The SMILES string of the molecule is COc1ccc(CC2(N)CC(C)(C)CC(C)(C)C2)cc1F. The largest absolute Gasteiger partial charge is 0.494 e. The van der Waals surface area contributed by atoms with E-state index in [-0.39, 0.29) is 27.9 Å². The van der Waals surface area contributed by atoms with Gasteiger partial charge in [0.25, 0.3) is 0 Å². The van der Waals surface area contributed by atoms with Crippen molar-refractivity contribution in [1.29, 1.82) is 0 Å². The monoisotopic (exact) mass is 293 g/mol.